The molecular formula is C35H33BrClF3N2. The van der Waals surface area contributed by atoms with E-state index in [4.69, 9.17) is 11.6 Å². The van der Waals surface area contributed by atoms with Crippen LogP contribution in [0, 0.1) is 0 Å². The first-order valence-corrected chi connectivity index (χ1v) is 15.4. The largest absolute Gasteiger partial charge is 0.416 e. The minimum Gasteiger partial charge on any atom is -0.384 e. The lowest BCUT2D eigenvalue weighted by Gasteiger charge is -2.42. The monoisotopic (exact) mass is 652 g/mol. The molecule has 1 atom stereocenters. The van der Waals surface area contributed by atoms with Crippen molar-refractivity contribution in [1.29, 1.82) is 0 Å². The summed E-state index contributed by atoms with van der Waals surface area (Å²) in [7, 11) is 0. The summed E-state index contributed by atoms with van der Waals surface area (Å²) < 4.78 is 40.4. The van der Waals surface area contributed by atoms with Crippen LogP contribution in [0.3, 0.4) is 0 Å². The first-order valence-electron chi connectivity index (χ1n) is 14.2. The van der Waals surface area contributed by atoms with Crippen LogP contribution in [-0.4, -0.2) is 13.1 Å². The smallest absolute Gasteiger partial charge is 0.384 e. The first-order chi connectivity index (χ1) is 19.8. The van der Waals surface area contributed by atoms with Crippen molar-refractivity contribution in [3.8, 4) is 11.1 Å². The van der Waals surface area contributed by atoms with Crippen LogP contribution >= 0.6 is 27.5 Å². The molecule has 0 amide bonds. The Morgan fingerprint density at radius 1 is 0.857 bits per heavy atom. The second-order valence-electron chi connectivity index (χ2n) is 12.6. The molecule has 0 bridgehead atoms. The highest BCUT2D eigenvalue weighted by molar-refractivity contribution is 9.10. The SMILES string of the molecule is CC1(C)CCN(c2ccc(C3CNc4ccc(Br)cc4C3(C)C)c(Cl)c2)c2ccc(-c3ccc(C(F)(F)F)cc3)cc21. The van der Waals surface area contributed by atoms with Crippen molar-refractivity contribution in [2.45, 2.75) is 57.0 Å². The highest BCUT2D eigenvalue weighted by atomic mass is 79.9. The van der Waals surface area contributed by atoms with Gasteiger partial charge in [0.05, 0.1) is 5.56 Å². The fourth-order valence-electron chi connectivity index (χ4n) is 6.58. The lowest BCUT2D eigenvalue weighted by Crippen LogP contribution is -2.37. The van der Waals surface area contributed by atoms with E-state index in [0.717, 1.165) is 74.9 Å². The average molecular weight is 654 g/mol. The van der Waals surface area contributed by atoms with Gasteiger partial charge in [-0.2, -0.15) is 13.2 Å². The second kappa shape index (κ2) is 10.3. The molecule has 2 aliphatic heterocycles. The standard InChI is InChI=1S/C35H33BrClF3N2/c1-33(2)15-16-42(32-14-7-22(17-28(32)33)21-5-8-23(9-6-21)35(38,39)40)25-11-12-26(30(37)19-25)29-20-41-31-13-10-24(36)18-27(31)34(29,3)4/h5-14,17-19,29,41H,15-16,20H2,1-4H3. The summed E-state index contributed by atoms with van der Waals surface area (Å²) in [6.07, 6.45) is -3.42. The summed E-state index contributed by atoms with van der Waals surface area (Å²) in [5, 5.41) is 4.35. The van der Waals surface area contributed by atoms with Crippen molar-refractivity contribution in [2.75, 3.05) is 23.3 Å². The summed E-state index contributed by atoms with van der Waals surface area (Å²) in [6.45, 7) is 10.7. The van der Waals surface area contributed by atoms with Crippen LogP contribution in [0.15, 0.2) is 83.3 Å². The molecule has 1 N–H and O–H groups in total. The third-order valence-corrected chi connectivity index (χ3v) is 10.1. The van der Waals surface area contributed by atoms with Gasteiger partial charge in [0.25, 0.3) is 0 Å². The van der Waals surface area contributed by atoms with Gasteiger partial charge >= 0.3 is 6.18 Å². The number of hydrogen-bond donors (Lipinski definition) is 1. The number of rotatable bonds is 3. The molecule has 0 fully saturated rings. The molecule has 0 radical (unpaired) electrons. The Morgan fingerprint density at radius 3 is 2.26 bits per heavy atom. The molecule has 7 heteroatoms. The number of alkyl halides is 3. The number of benzene rings is 4. The summed E-state index contributed by atoms with van der Waals surface area (Å²) >= 11 is 10.7. The van der Waals surface area contributed by atoms with Gasteiger partial charge in [-0.1, -0.05) is 79.5 Å². The number of hydrogen-bond acceptors (Lipinski definition) is 2. The summed E-state index contributed by atoms with van der Waals surface area (Å²) in [5.74, 6) is 0.194. The van der Waals surface area contributed by atoms with Crippen LogP contribution in [0.5, 0.6) is 0 Å². The molecule has 4 aromatic carbocycles. The summed E-state index contributed by atoms with van der Waals surface area (Å²) in [4.78, 5) is 2.31. The van der Waals surface area contributed by atoms with Gasteiger partial charge in [0.2, 0.25) is 0 Å². The Bertz CT molecular complexity index is 1660. The summed E-state index contributed by atoms with van der Waals surface area (Å²) in [5.41, 5.74) is 7.69. The number of fused-ring (bicyclic) bond motifs is 2. The van der Waals surface area contributed by atoms with Crippen molar-refractivity contribution >= 4 is 44.6 Å². The Balaban J connectivity index is 1.33. The molecule has 1 unspecified atom stereocenters. The molecule has 2 heterocycles. The molecule has 218 valence electrons. The van der Waals surface area contributed by atoms with Crippen molar-refractivity contribution < 1.29 is 13.2 Å². The van der Waals surface area contributed by atoms with Gasteiger partial charge in [-0.05, 0) is 94.3 Å². The van der Waals surface area contributed by atoms with E-state index in [1.54, 1.807) is 12.1 Å². The fourth-order valence-corrected chi connectivity index (χ4v) is 7.25. The molecule has 0 saturated heterocycles. The number of anilines is 3. The third-order valence-electron chi connectivity index (χ3n) is 9.24. The second-order valence-corrected chi connectivity index (χ2v) is 14.0. The molecule has 42 heavy (non-hydrogen) atoms. The predicted octanol–water partition coefficient (Wildman–Crippen LogP) is 11.1. The van der Waals surface area contributed by atoms with E-state index in [1.165, 1.54) is 11.1 Å². The number of nitrogens with zero attached hydrogens (tertiary/aromatic N) is 1. The zero-order valence-corrected chi connectivity index (χ0v) is 26.4. The van der Waals surface area contributed by atoms with Crippen LogP contribution in [0.25, 0.3) is 11.1 Å². The van der Waals surface area contributed by atoms with Crippen LogP contribution in [-0.2, 0) is 17.0 Å². The van der Waals surface area contributed by atoms with Gasteiger partial charge in [-0.15, -0.1) is 0 Å². The molecule has 0 aromatic heterocycles. The van der Waals surface area contributed by atoms with E-state index in [1.807, 2.05) is 6.07 Å². The van der Waals surface area contributed by atoms with Crippen LogP contribution in [0.4, 0.5) is 30.2 Å². The zero-order chi connectivity index (χ0) is 30.0. The third kappa shape index (κ3) is 5.11. The van der Waals surface area contributed by atoms with E-state index in [9.17, 15) is 13.2 Å². The van der Waals surface area contributed by atoms with Crippen LogP contribution in [0.1, 0.15) is 62.3 Å². The van der Waals surface area contributed by atoms with Crippen LogP contribution in [0.2, 0.25) is 5.02 Å². The molecule has 0 aliphatic carbocycles. The average Bonchev–Trinajstić information content (AvgIpc) is 2.93. The molecule has 2 aliphatic rings. The molecular weight excluding hydrogens is 621 g/mol. The topological polar surface area (TPSA) is 15.3 Å². The van der Waals surface area contributed by atoms with E-state index in [2.05, 4.69) is 102 Å². The highest BCUT2D eigenvalue weighted by Gasteiger charge is 2.39. The van der Waals surface area contributed by atoms with Crippen molar-refractivity contribution in [2.24, 2.45) is 0 Å². The van der Waals surface area contributed by atoms with Crippen molar-refractivity contribution in [3.63, 3.8) is 0 Å². The lowest BCUT2D eigenvalue weighted by atomic mass is 9.68. The van der Waals surface area contributed by atoms with Gasteiger partial charge in [0.1, 0.15) is 0 Å². The van der Waals surface area contributed by atoms with Gasteiger partial charge in [-0.3, -0.25) is 0 Å². The Labute approximate surface area is 259 Å². The van der Waals surface area contributed by atoms with E-state index in [-0.39, 0.29) is 16.7 Å². The lowest BCUT2D eigenvalue weighted by molar-refractivity contribution is -0.137. The minimum absolute atomic E-state index is 0.0864. The fraction of sp³-hybridized carbons (Fsp3) is 0.314. The summed E-state index contributed by atoms with van der Waals surface area (Å²) in [6, 6.07) is 24.4. The maximum Gasteiger partial charge on any atom is 0.416 e. The van der Waals surface area contributed by atoms with E-state index < -0.39 is 11.7 Å². The molecule has 6 rings (SSSR count). The van der Waals surface area contributed by atoms with Gasteiger partial charge in [0.15, 0.2) is 0 Å². The quantitative estimate of drug-likeness (QED) is 0.237. The number of halogens is 5. The normalized spacial score (nSPS) is 19.1. The number of nitrogens with one attached hydrogen (secondary N) is 1. The Morgan fingerprint density at radius 2 is 1.57 bits per heavy atom. The van der Waals surface area contributed by atoms with E-state index in [0.29, 0.717) is 0 Å². The minimum atomic E-state index is -4.35. The van der Waals surface area contributed by atoms with Gasteiger partial charge in [0, 0.05) is 51.0 Å². The Kier molecular flexibility index (Phi) is 7.17. The molecule has 4 aromatic rings. The maximum absolute atomic E-state index is 13.1. The van der Waals surface area contributed by atoms with Gasteiger partial charge < -0.3 is 10.2 Å². The van der Waals surface area contributed by atoms with Crippen molar-refractivity contribution in [3.05, 3.63) is 111 Å². The first kappa shape index (κ1) is 29.1. The van der Waals surface area contributed by atoms with Crippen LogP contribution < -0.4 is 10.2 Å². The predicted molar refractivity (Wildman–Crippen MR) is 171 cm³/mol. The molecule has 2 nitrogen and oxygen atoms in total. The molecule has 0 spiro atoms. The zero-order valence-electron chi connectivity index (χ0n) is 24.0. The maximum atomic E-state index is 13.1. The van der Waals surface area contributed by atoms with Gasteiger partial charge in [-0.25, -0.2) is 0 Å². The van der Waals surface area contributed by atoms with E-state index >= 15 is 0 Å². The molecule has 0 saturated carbocycles. The highest BCUT2D eigenvalue weighted by Crippen LogP contribution is 2.49. The Hall–Kier alpha value is -2.96. The van der Waals surface area contributed by atoms with Crippen molar-refractivity contribution in [1.82, 2.24) is 0 Å².